The molecule has 2 aliphatic rings. The molecule has 96 valence electrons. The van der Waals surface area contributed by atoms with Crippen molar-refractivity contribution in [3.8, 4) is 0 Å². The smallest absolute Gasteiger partial charge is 0.225 e. The van der Waals surface area contributed by atoms with Gasteiger partial charge < -0.3 is 10.2 Å². The minimum atomic E-state index is 0.203. The van der Waals surface area contributed by atoms with Crippen LogP contribution in [0.2, 0.25) is 5.02 Å². The minimum Gasteiger partial charge on any atom is -0.379 e. The lowest BCUT2D eigenvalue weighted by molar-refractivity contribution is -0.127. The molecule has 3 rings (SSSR count). The molecule has 2 unspecified atom stereocenters. The molecule has 2 aliphatic heterocycles. The average molecular weight is 330 g/mol. The maximum atomic E-state index is 11.9. The number of hydrogen-bond acceptors (Lipinski definition) is 2. The van der Waals surface area contributed by atoms with E-state index in [2.05, 4.69) is 21.2 Å². The number of rotatable bonds is 2. The first-order valence-electron chi connectivity index (χ1n) is 6.16. The van der Waals surface area contributed by atoms with E-state index in [1.807, 2.05) is 23.1 Å². The summed E-state index contributed by atoms with van der Waals surface area (Å²) in [7, 11) is 0. The number of nitrogens with one attached hydrogen (secondary N) is 1. The molecule has 0 aliphatic carbocycles. The molecule has 2 atom stereocenters. The summed E-state index contributed by atoms with van der Waals surface area (Å²) in [5, 5.41) is 4.16. The van der Waals surface area contributed by atoms with Crippen molar-refractivity contribution in [1.82, 2.24) is 4.90 Å². The van der Waals surface area contributed by atoms with Crippen molar-refractivity contribution in [2.45, 2.75) is 31.3 Å². The normalized spacial score (nSPS) is 26.6. The van der Waals surface area contributed by atoms with Gasteiger partial charge in [-0.25, -0.2) is 0 Å². The number of amides is 1. The Morgan fingerprint density at radius 3 is 3.11 bits per heavy atom. The fourth-order valence-electron chi connectivity index (χ4n) is 2.92. The zero-order chi connectivity index (χ0) is 12.7. The van der Waals surface area contributed by atoms with E-state index in [1.165, 1.54) is 0 Å². The third-order valence-corrected chi connectivity index (χ3v) is 4.67. The molecule has 1 N–H and O–H groups in total. The first kappa shape index (κ1) is 12.3. The highest BCUT2D eigenvalue weighted by Gasteiger charge is 2.42. The van der Waals surface area contributed by atoms with Crippen LogP contribution in [0.25, 0.3) is 0 Å². The molecule has 2 saturated heterocycles. The highest BCUT2D eigenvalue weighted by Crippen LogP contribution is 2.33. The molecule has 3 nitrogen and oxygen atoms in total. The predicted molar refractivity (Wildman–Crippen MR) is 75.9 cm³/mol. The van der Waals surface area contributed by atoms with Crippen LogP contribution in [0, 0.1) is 0 Å². The second-order valence-electron chi connectivity index (χ2n) is 4.88. The van der Waals surface area contributed by atoms with E-state index in [0.29, 0.717) is 17.5 Å². The molecule has 2 fully saturated rings. The van der Waals surface area contributed by atoms with Gasteiger partial charge in [0.25, 0.3) is 0 Å². The number of nitrogens with zero attached hydrogens (tertiary/aromatic N) is 1. The van der Waals surface area contributed by atoms with Gasteiger partial charge >= 0.3 is 0 Å². The zero-order valence-electron chi connectivity index (χ0n) is 9.83. The zero-order valence-corrected chi connectivity index (χ0v) is 12.2. The molecule has 2 heterocycles. The van der Waals surface area contributed by atoms with Crippen LogP contribution in [0.1, 0.15) is 19.3 Å². The van der Waals surface area contributed by atoms with Crippen LogP contribution >= 0.6 is 27.5 Å². The summed E-state index contributed by atoms with van der Waals surface area (Å²) in [6.45, 7) is 0.915. The molecular weight excluding hydrogens is 316 g/mol. The van der Waals surface area contributed by atoms with Gasteiger partial charge in [-0.15, -0.1) is 0 Å². The largest absolute Gasteiger partial charge is 0.379 e. The summed E-state index contributed by atoms with van der Waals surface area (Å²) in [6.07, 6.45) is 2.80. The van der Waals surface area contributed by atoms with Crippen LogP contribution in [0.15, 0.2) is 22.7 Å². The Morgan fingerprint density at radius 2 is 2.28 bits per heavy atom. The molecule has 1 aromatic rings. The molecule has 0 radical (unpaired) electrons. The molecule has 0 spiro atoms. The summed E-state index contributed by atoms with van der Waals surface area (Å²) in [5.41, 5.74) is 0.967. The second kappa shape index (κ2) is 4.74. The Balaban J connectivity index is 1.80. The fourth-order valence-corrected chi connectivity index (χ4v) is 3.45. The standard InChI is InChI=1S/C13H14BrClN2O/c14-9-4-3-8(15)6-10(9)16-11-7-13(18)17-5-1-2-12(11)17/h3-4,6,11-12,16H,1-2,5,7H2. The lowest BCUT2D eigenvalue weighted by Crippen LogP contribution is -2.34. The lowest BCUT2D eigenvalue weighted by Gasteiger charge is -2.22. The third-order valence-electron chi connectivity index (χ3n) is 3.75. The molecule has 18 heavy (non-hydrogen) atoms. The average Bonchev–Trinajstić information content (AvgIpc) is 2.90. The lowest BCUT2D eigenvalue weighted by atomic mass is 10.1. The second-order valence-corrected chi connectivity index (χ2v) is 6.17. The number of halogens is 2. The van der Waals surface area contributed by atoms with Crippen LogP contribution in [0.4, 0.5) is 5.69 Å². The van der Waals surface area contributed by atoms with Gasteiger partial charge in [-0.2, -0.15) is 0 Å². The van der Waals surface area contributed by atoms with E-state index >= 15 is 0 Å². The summed E-state index contributed by atoms with van der Waals surface area (Å²) in [4.78, 5) is 13.9. The van der Waals surface area contributed by atoms with Gasteiger partial charge in [-0.1, -0.05) is 11.6 Å². The summed E-state index contributed by atoms with van der Waals surface area (Å²) in [6, 6.07) is 6.22. The van der Waals surface area contributed by atoms with Gasteiger partial charge in [0, 0.05) is 22.5 Å². The molecule has 1 aromatic carbocycles. The number of carbonyl (C=O) groups is 1. The molecular formula is C13H14BrClN2O. The van der Waals surface area contributed by atoms with Crippen molar-refractivity contribution < 1.29 is 4.79 Å². The predicted octanol–water partition coefficient (Wildman–Crippen LogP) is 3.28. The topological polar surface area (TPSA) is 32.3 Å². The van der Waals surface area contributed by atoms with Gasteiger partial charge in [0.15, 0.2) is 0 Å². The SMILES string of the molecule is O=C1CC(Nc2cc(Cl)ccc2Br)C2CCCN12. The van der Waals surface area contributed by atoms with Gasteiger partial charge in [-0.05, 0) is 47.0 Å². The summed E-state index contributed by atoms with van der Waals surface area (Å²) in [5.74, 6) is 0.271. The third kappa shape index (κ3) is 2.12. The van der Waals surface area contributed by atoms with E-state index < -0.39 is 0 Å². The van der Waals surface area contributed by atoms with Crippen LogP contribution in [-0.2, 0) is 4.79 Å². The Kier molecular flexibility index (Phi) is 3.24. The maximum absolute atomic E-state index is 11.9. The first-order valence-corrected chi connectivity index (χ1v) is 7.33. The van der Waals surface area contributed by atoms with E-state index in [1.54, 1.807) is 0 Å². The molecule has 0 bridgehead atoms. The summed E-state index contributed by atoms with van der Waals surface area (Å²) >= 11 is 9.51. The number of fused-ring (bicyclic) bond motifs is 1. The Labute approximate surface area is 120 Å². The van der Waals surface area contributed by atoms with Crippen molar-refractivity contribution in [2.75, 3.05) is 11.9 Å². The summed E-state index contributed by atoms with van der Waals surface area (Å²) < 4.78 is 0.982. The monoisotopic (exact) mass is 328 g/mol. The van der Waals surface area contributed by atoms with Crippen LogP contribution in [0.5, 0.6) is 0 Å². The first-order chi connectivity index (χ1) is 8.65. The van der Waals surface area contributed by atoms with E-state index in [-0.39, 0.29) is 11.9 Å². The number of benzene rings is 1. The Hall–Kier alpha value is -0.740. The van der Waals surface area contributed by atoms with E-state index in [0.717, 1.165) is 29.5 Å². The molecule has 1 amide bonds. The highest BCUT2D eigenvalue weighted by molar-refractivity contribution is 9.10. The number of hydrogen-bond donors (Lipinski definition) is 1. The number of anilines is 1. The van der Waals surface area contributed by atoms with Crippen LogP contribution in [-0.4, -0.2) is 29.4 Å². The minimum absolute atomic E-state index is 0.203. The van der Waals surface area contributed by atoms with Crippen molar-refractivity contribution in [3.63, 3.8) is 0 Å². The van der Waals surface area contributed by atoms with Crippen LogP contribution < -0.4 is 5.32 Å². The quantitative estimate of drug-likeness (QED) is 0.903. The fraction of sp³-hybridized carbons (Fsp3) is 0.462. The van der Waals surface area contributed by atoms with Crippen molar-refractivity contribution in [3.05, 3.63) is 27.7 Å². The number of carbonyl (C=O) groups excluding carboxylic acids is 1. The van der Waals surface area contributed by atoms with Crippen molar-refractivity contribution >= 4 is 39.1 Å². The van der Waals surface area contributed by atoms with Gasteiger partial charge in [-0.3, -0.25) is 4.79 Å². The maximum Gasteiger partial charge on any atom is 0.225 e. The molecule has 5 heteroatoms. The Morgan fingerprint density at radius 1 is 1.44 bits per heavy atom. The molecule has 0 aromatic heterocycles. The van der Waals surface area contributed by atoms with Crippen LogP contribution in [0.3, 0.4) is 0 Å². The van der Waals surface area contributed by atoms with Gasteiger partial charge in [0.1, 0.15) is 0 Å². The molecule has 0 saturated carbocycles. The van der Waals surface area contributed by atoms with E-state index in [4.69, 9.17) is 11.6 Å². The van der Waals surface area contributed by atoms with E-state index in [9.17, 15) is 4.79 Å². The van der Waals surface area contributed by atoms with Gasteiger partial charge in [0.2, 0.25) is 5.91 Å². The van der Waals surface area contributed by atoms with Gasteiger partial charge in [0.05, 0.1) is 17.8 Å². The van der Waals surface area contributed by atoms with Crippen molar-refractivity contribution in [2.24, 2.45) is 0 Å². The highest BCUT2D eigenvalue weighted by atomic mass is 79.9. The van der Waals surface area contributed by atoms with Crippen molar-refractivity contribution in [1.29, 1.82) is 0 Å². The Bertz CT molecular complexity index is 494.